The summed E-state index contributed by atoms with van der Waals surface area (Å²) >= 11 is 0. The van der Waals surface area contributed by atoms with Crippen molar-refractivity contribution >= 4 is 16.8 Å². The van der Waals surface area contributed by atoms with Gasteiger partial charge in [0.05, 0.1) is 17.6 Å². The molecular weight excluding hydrogens is 326 g/mol. The molecule has 2 aromatic carbocycles. The lowest BCUT2D eigenvalue weighted by Crippen LogP contribution is -2.24. The average Bonchev–Trinajstić information content (AvgIpc) is 3.11. The molecule has 0 aliphatic rings. The fourth-order valence-electron chi connectivity index (χ4n) is 2.92. The number of carbonyl (C=O) groups is 1. The van der Waals surface area contributed by atoms with Crippen molar-refractivity contribution in [2.24, 2.45) is 0 Å². The molecule has 0 radical (unpaired) electrons. The van der Waals surface area contributed by atoms with E-state index in [1.165, 1.54) is 0 Å². The van der Waals surface area contributed by atoms with Gasteiger partial charge in [-0.2, -0.15) is 0 Å². The monoisotopic (exact) mass is 343 g/mol. The number of aromatic nitrogens is 2. The number of rotatable bonds is 4. The van der Waals surface area contributed by atoms with Gasteiger partial charge in [0.25, 0.3) is 5.91 Å². The van der Waals surface area contributed by atoms with Gasteiger partial charge in [0.1, 0.15) is 17.2 Å². The highest BCUT2D eigenvalue weighted by molar-refractivity contribution is 6.10. The molecule has 0 aliphatic heterocycles. The van der Waals surface area contributed by atoms with Crippen LogP contribution in [0.4, 0.5) is 0 Å². The number of amides is 1. The molecule has 26 heavy (non-hydrogen) atoms. The number of hydrogen-bond donors (Lipinski definition) is 1. The van der Waals surface area contributed by atoms with Crippen LogP contribution < -0.4 is 5.32 Å². The quantitative estimate of drug-likeness (QED) is 0.605. The van der Waals surface area contributed by atoms with Crippen LogP contribution in [0.25, 0.3) is 22.2 Å². The lowest BCUT2D eigenvalue weighted by Gasteiger charge is -2.11. The molecule has 0 bridgehead atoms. The van der Waals surface area contributed by atoms with E-state index in [1.807, 2.05) is 73.7 Å². The molecule has 0 aliphatic carbocycles. The predicted molar refractivity (Wildman–Crippen MR) is 99.6 cm³/mol. The largest absolute Gasteiger partial charge is 0.465 e. The second kappa shape index (κ2) is 6.80. The van der Waals surface area contributed by atoms with Crippen LogP contribution in [0.1, 0.15) is 21.9 Å². The molecule has 4 aromatic rings. The number of carbonyl (C=O) groups excluding carboxylic acids is 1. The molecule has 1 amide bonds. The summed E-state index contributed by atoms with van der Waals surface area (Å²) in [6.07, 6.45) is 0. The topological polar surface area (TPSA) is 68.0 Å². The normalized spacial score (nSPS) is 10.8. The van der Waals surface area contributed by atoms with E-state index in [9.17, 15) is 4.79 Å². The van der Waals surface area contributed by atoms with E-state index in [1.54, 1.807) is 0 Å². The number of nitrogens with one attached hydrogen (secondary N) is 1. The molecule has 0 saturated heterocycles. The lowest BCUT2D eigenvalue weighted by atomic mass is 10.0. The van der Waals surface area contributed by atoms with Gasteiger partial charge in [-0.3, -0.25) is 4.79 Å². The maximum absolute atomic E-state index is 13.0. The molecule has 0 saturated carbocycles. The maximum atomic E-state index is 13.0. The van der Waals surface area contributed by atoms with E-state index in [0.29, 0.717) is 29.1 Å². The van der Waals surface area contributed by atoms with Crippen molar-refractivity contribution < 1.29 is 9.21 Å². The first-order valence-electron chi connectivity index (χ1n) is 8.37. The van der Waals surface area contributed by atoms with Crippen molar-refractivity contribution in [3.63, 3.8) is 0 Å². The third kappa shape index (κ3) is 3.07. The van der Waals surface area contributed by atoms with Gasteiger partial charge in [-0.15, -0.1) is 10.2 Å². The van der Waals surface area contributed by atoms with Crippen molar-refractivity contribution in [2.45, 2.75) is 13.5 Å². The molecular formula is C21H17N3O2. The van der Waals surface area contributed by atoms with Crippen LogP contribution in [-0.2, 0) is 6.54 Å². The SMILES string of the molecule is Cc1ccc(CNC(=O)c2c(-c3ccccc3)nnc3ccccc23)o1. The zero-order valence-electron chi connectivity index (χ0n) is 14.3. The summed E-state index contributed by atoms with van der Waals surface area (Å²) in [6.45, 7) is 2.19. The first-order chi connectivity index (χ1) is 12.7. The van der Waals surface area contributed by atoms with Crippen LogP contribution in [0.2, 0.25) is 0 Å². The summed E-state index contributed by atoms with van der Waals surface area (Å²) in [5.41, 5.74) is 2.62. The second-order valence-electron chi connectivity index (χ2n) is 6.00. The molecule has 5 heteroatoms. The van der Waals surface area contributed by atoms with Gasteiger partial charge in [-0.05, 0) is 25.1 Å². The van der Waals surface area contributed by atoms with Gasteiger partial charge in [0, 0.05) is 10.9 Å². The summed E-state index contributed by atoms with van der Waals surface area (Å²) in [5.74, 6) is 1.32. The van der Waals surface area contributed by atoms with E-state index in [2.05, 4.69) is 15.5 Å². The molecule has 0 fully saturated rings. The van der Waals surface area contributed by atoms with E-state index in [0.717, 1.165) is 16.7 Å². The van der Waals surface area contributed by atoms with Gasteiger partial charge < -0.3 is 9.73 Å². The first kappa shape index (κ1) is 16.0. The Hall–Kier alpha value is -3.47. The predicted octanol–water partition coefficient (Wildman–Crippen LogP) is 4.13. The van der Waals surface area contributed by atoms with Crippen LogP contribution in [0.15, 0.2) is 71.1 Å². The minimum absolute atomic E-state index is 0.205. The van der Waals surface area contributed by atoms with E-state index in [-0.39, 0.29) is 5.91 Å². The Morgan fingerprint density at radius 2 is 1.73 bits per heavy atom. The molecule has 1 N–H and O–H groups in total. The van der Waals surface area contributed by atoms with Gasteiger partial charge in [-0.25, -0.2) is 0 Å². The number of aryl methyl sites for hydroxylation is 1. The number of hydrogen-bond acceptors (Lipinski definition) is 4. The Morgan fingerprint density at radius 1 is 0.962 bits per heavy atom. The minimum Gasteiger partial charge on any atom is -0.465 e. The Morgan fingerprint density at radius 3 is 2.50 bits per heavy atom. The summed E-state index contributed by atoms with van der Waals surface area (Å²) in [7, 11) is 0. The Kier molecular flexibility index (Phi) is 4.19. The molecule has 0 spiro atoms. The molecule has 2 aromatic heterocycles. The van der Waals surface area contributed by atoms with E-state index in [4.69, 9.17) is 4.42 Å². The fraction of sp³-hybridized carbons (Fsp3) is 0.0952. The first-order valence-corrected chi connectivity index (χ1v) is 8.37. The van der Waals surface area contributed by atoms with Crippen LogP contribution in [0.3, 0.4) is 0 Å². The highest BCUT2D eigenvalue weighted by atomic mass is 16.3. The average molecular weight is 343 g/mol. The third-order valence-electron chi connectivity index (χ3n) is 4.16. The Bertz CT molecular complexity index is 1070. The maximum Gasteiger partial charge on any atom is 0.254 e. The van der Waals surface area contributed by atoms with Crippen molar-refractivity contribution in [3.8, 4) is 11.3 Å². The fourth-order valence-corrected chi connectivity index (χ4v) is 2.92. The number of fused-ring (bicyclic) bond motifs is 1. The lowest BCUT2D eigenvalue weighted by molar-refractivity contribution is 0.0949. The van der Waals surface area contributed by atoms with Gasteiger partial charge in [-0.1, -0.05) is 48.5 Å². The van der Waals surface area contributed by atoms with Crippen molar-refractivity contribution in [3.05, 3.63) is 83.8 Å². The summed E-state index contributed by atoms with van der Waals surface area (Å²) in [6, 6.07) is 20.9. The van der Waals surface area contributed by atoms with Crippen LogP contribution in [-0.4, -0.2) is 16.1 Å². The zero-order valence-corrected chi connectivity index (χ0v) is 14.3. The molecule has 2 heterocycles. The van der Waals surface area contributed by atoms with Crippen molar-refractivity contribution in [1.29, 1.82) is 0 Å². The second-order valence-corrected chi connectivity index (χ2v) is 6.00. The molecule has 4 rings (SSSR count). The minimum atomic E-state index is -0.205. The van der Waals surface area contributed by atoms with Crippen molar-refractivity contribution in [2.75, 3.05) is 0 Å². The van der Waals surface area contributed by atoms with E-state index >= 15 is 0 Å². The van der Waals surface area contributed by atoms with Crippen LogP contribution in [0, 0.1) is 6.92 Å². The van der Waals surface area contributed by atoms with E-state index < -0.39 is 0 Å². The molecule has 0 unspecified atom stereocenters. The molecule has 5 nitrogen and oxygen atoms in total. The number of furan rings is 1. The van der Waals surface area contributed by atoms with Gasteiger partial charge >= 0.3 is 0 Å². The summed E-state index contributed by atoms with van der Waals surface area (Å²) in [4.78, 5) is 13.0. The zero-order chi connectivity index (χ0) is 17.9. The van der Waals surface area contributed by atoms with Crippen LogP contribution in [0.5, 0.6) is 0 Å². The third-order valence-corrected chi connectivity index (χ3v) is 4.16. The highest BCUT2D eigenvalue weighted by Crippen LogP contribution is 2.26. The highest BCUT2D eigenvalue weighted by Gasteiger charge is 2.19. The smallest absolute Gasteiger partial charge is 0.254 e. The Balaban J connectivity index is 1.77. The molecule has 0 atom stereocenters. The standard InChI is InChI=1S/C21H17N3O2/c1-14-11-12-16(26-14)13-22-21(25)19-17-9-5-6-10-18(17)23-24-20(19)15-7-3-2-4-8-15/h2-12H,13H2,1H3,(H,22,25). The van der Waals surface area contributed by atoms with Gasteiger partial charge in [0.15, 0.2) is 0 Å². The summed E-state index contributed by atoms with van der Waals surface area (Å²) in [5, 5.41) is 12.3. The number of benzene rings is 2. The Labute approximate surface area is 150 Å². The molecule has 128 valence electrons. The van der Waals surface area contributed by atoms with Crippen LogP contribution >= 0.6 is 0 Å². The summed E-state index contributed by atoms with van der Waals surface area (Å²) < 4.78 is 5.53. The van der Waals surface area contributed by atoms with Gasteiger partial charge in [0.2, 0.25) is 0 Å². The van der Waals surface area contributed by atoms with Crippen molar-refractivity contribution in [1.82, 2.24) is 15.5 Å². The number of nitrogens with zero attached hydrogens (tertiary/aromatic N) is 2.